The van der Waals surface area contributed by atoms with E-state index in [-0.39, 0.29) is 18.0 Å². The van der Waals surface area contributed by atoms with Gasteiger partial charge in [0.1, 0.15) is 6.61 Å². The average molecular weight is 345 g/mol. The molecular weight excluding hydrogens is 328 g/mol. The lowest BCUT2D eigenvalue weighted by molar-refractivity contribution is 0.0951. The fourth-order valence-corrected chi connectivity index (χ4v) is 2.63. The molecule has 2 aromatic rings. The zero-order valence-electron chi connectivity index (χ0n) is 12.9. The number of ether oxygens (including phenoxy) is 1. The van der Waals surface area contributed by atoms with Gasteiger partial charge in [0.05, 0.1) is 6.04 Å². The van der Waals surface area contributed by atoms with Crippen LogP contribution in [0, 0.1) is 0 Å². The van der Waals surface area contributed by atoms with Gasteiger partial charge in [0.15, 0.2) is 0 Å². The number of alkyl carbamates (subject to hydrolysis) is 1. The minimum Gasteiger partial charge on any atom is -0.447 e. The molecule has 0 aromatic heterocycles. The molecule has 1 aliphatic heterocycles. The molecule has 1 atom stereocenters. The third kappa shape index (κ3) is 4.26. The van der Waals surface area contributed by atoms with Crippen molar-refractivity contribution in [1.82, 2.24) is 10.6 Å². The summed E-state index contributed by atoms with van der Waals surface area (Å²) in [6, 6.07) is 14.7. The molecule has 5 nitrogen and oxygen atoms in total. The molecule has 0 bridgehead atoms. The Bertz CT molecular complexity index is 729. The van der Waals surface area contributed by atoms with Crippen LogP contribution in [0.25, 0.3) is 0 Å². The molecule has 1 saturated heterocycles. The Morgan fingerprint density at radius 3 is 2.42 bits per heavy atom. The zero-order valence-corrected chi connectivity index (χ0v) is 13.7. The number of carbonyl (C=O) groups is 2. The second kappa shape index (κ2) is 7.36. The van der Waals surface area contributed by atoms with Gasteiger partial charge < -0.3 is 15.4 Å². The summed E-state index contributed by atoms with van der Waals surface area (Å²) in [5.74, 6) is -0.131. The SMILES string of the molecule is O=C1NC(Cc2ccc(C(=O)NCc3ccc(Cl)cc3)cc2)CO1. The van der Waals surface area contributed by atoms with E-state index >= 15 is 0 Å². The van der Waals surface area contributed by atoms with E-state index in [2.05, 4.69) is 10.6 Å². The maximum Gasteiger partial charge on any atom is 0.407 e. The third-order valence-electron chi connectivity index (χ3n) is 3.80. The van der Waals surface area contributed by atoms with Gasteiger partial charge in [-0.3, -0.25) is 4.79 Å². The Labute approximate surface area is 145 Å². The summed E-state index contributed by atoms with van der Waals surface area (Å²) in [4.78, 5) is 23.2. The van der Waals surface area contributed by atoms with Gasteiger partial charge in [0, 0.05) is 17.1 Å². The molecule has 1 heterocycles. The summed E-state index contributed by atoms with van der Waals surface area (Å²) in [7, 11) is 0. The summed E-state index contributed by atoms with van der Waals surface area (Å²) in [6.07, 6.45) is 0.302. The molecule has 1 fully saturated rings. The van der Waals surface area contributed by atoms with Crippen LogP contribution in [0.3, 0.4) is 0 Å². The Morgan fingerprint density at radius 1 is 1.12 bits per heavy atom. The molecule has 0 radical (unpaired) electrons. The molecule has 0 aliphatic carbocycles. The molecular formula is C18H17ClN2O3. The highest BCUT2D eigenvalue weighted by Crippen LogP contribution is 2.11. The number of rotatable bonds is 5. The number of benzene rings is 2. The zero-order chi connectivity index (χ0) is 16.9. The maximum absolute atomic E-state index is 12.2. The van der Waals surface area contributed by atoms with E-state index < -0.39 is 0 Å². The fraction of sp³-hybridized carbons (Fsp3) is 0.222. The highest BCUT2D eigenvalue weighted by molar-refractivity contribution is 6.30. The van der Waals surface area contributed by atoms with Crippen molar-refractivity contribution in [3.63, 3.8) is 0 Å². The molecule has 24 heavy (non-hydrogen) atoms. The standard InChI is InChI=1S/C18H17ClN2O3/c19-15-7-3-13(4-8-15)10-20-17(22)14-5-1-12(2-6-14)9-16-11-24-18(23)21-16/h1-8,16H,9-11H2,(H,20,22)(H,21,23). The van der Waals surface area contributed by atoms with Gasteiger partial charge in [-0.05, 0) is 41.8 Å². The van der Waals surface area contributed by atoms with Gasteiger partial charge in [0.2, 0.25) is 0 Å². The molecule has 2 N–H and O–H groups in total. The Kier molecular flexibility index (Phi) is 5.01. The maximum atomic E-state index is 12.2. The van der Waals surface area contributed by atoms with Crippen molar-refractivity contribution in [2.45, 2.75) is 19.0 Å². The van der Waals surface area contributed by atoms with Gasteiger partial charge in [-0.1, -0.05) is 35.9 Å². The van der Waals surface area contributed by atoms with E-state index in [9.17, 15) is 9.59 Å². The first-order chi connectivity index (χ1) is 11.6. The first-order valence-electron chi connectivity index (χ1n) is 7.65. The normalized spacial score (nSPS) is 16.4. The van der Waals surface area contributed by atoms with Crippen molar-refractivity contribution in [1.29, 1.82) is 0 Å². The van der Waals surface area contributed by atoms with E-state index in [0.29, 0.717) is 30.2 Å². The summed E-state index contributed by atoms with van der Waals surface area (Å²) in [5, 5.41) is 6.28. The van der Waals surface area contributed by atoms with Crippen LogP contribution in [0.4, 0.5) is 4.79 Å². The van der Waals surface area contributed by atoms with Crippen molar-refractivity contribution in [2.75, 3.05) is 6.61 Å². The molecule has 0 spiro atoms. The Hall–Kier alpha value is -2.53. The molecule has 6 heteroatoms. The van der Waals surface area contributed by atoms with Crippen molar-refractivity contribution >= 4 is 23.6 Å². The largest absolute Gasteiger partial charge is 0.447 e. The van der Waals surface area contributed by atoms with E-state index in [0.717, 1.165) is 11.1 Å². The topological polar surface area (TPSA) is 67.4 Å². The number of hydrogen-bond donors (Lipinski definition) is 2. The number of cyclic esters (lactones) is 1. The monoisotopic (exact) mass is 344 g/mol. The Balaban J connectivity index is 1.53. The minimum atomic E-state index is -0.377. The lowest BCUT2D eigenvalue weighted by atomic mass is 10.0. The molecule has 3 rings (SSSR count). The number of nitrogens with one attached hydrogen (secondary N) is 2. The van der Waals surface area contributed by atoms with Gasteiger partial charge in [-0.15, -0.1) is 0 Å². The predicted octanol–water partition coefficient (Wildman–Crippen LogP) is 2.92. The summed E-state index contributed by atoms with van der Waals surface area (Å²) < 4.78 is 4.86. The number of carbonyl (C=O) groups excluding carboxylic acids is 2. The van der Waals surface area contributed by atoms with Gasteiger partial charge in [0.25, 0.3) is 5.91 Å². The highest BCUT2D eigenvalue weighted by Gasteiger charge is 2.22. The minimum absolute atomic E-state index is 0.0120. The lowest BCUT2D eigenvalue weighted by Gasteiger charge is -2.09. The van der Waals surface area contributed by atoms with Crippen molar-refractivity contribution in [2.24, 2.45) is 0 Å². The lowest BCUT2D eigenvalue weighted by Crippen LogP contribution is -2.28. The summed E-state index contributed by atoms with van der Waals surface area (Å²) >= 11 is 5.84. The number of hydrogen-bond acceptors (Lipinski definition) is 3. The number of amides is 2. The first-order valence-corrected chi connectivity index (χ1v) is 8.03. The van der Waals surface area contributed by atoms with E-state index in [4.69, 9.17) is 16.3 Å². The van der Waals surface area contributed by atoms with Crippen LogP contribution >= 0.6 is 11.6 Å². The molecule has 2 amide bonds. The average Bonchev–Trinajstić information content (AvgIpc) is 2.99. The van der Waals surface area contributed by atoms with Crippen molar-refractivity contribution < 1.29 is 14.3 Å². The highest BCUT2D eigenvalue weighted by atomic mass is 35.5. The van der Waals surface area contributed by atoms with Crippen LogP contribution in [-0.2, 0) is 17.7 Å². The second-order valence-corrected chi connectivity index (χ2v) is 6.09. The molecule has 124 valence electrons. The van der Waals surface area contributed by atoms with Crippen LogP contribution in [0.5, 0.6) is 0 Å². The molecule has 1 aliphatic rings. The predicted molar refractivity (Wildman–Crippen MR) is 91.0 cm³/mol. The van der Waals surface area contributed by atoms with E-state index in [1.807, 2.05) is 24.3 Å². The third-order valence-corrected chi connectivity index (χ3v) is 4.05. The quantitative estimate of drug-likeness (QED) is 0.876. The summed E-state index contributed by atoms with van der Waals surface area (Å²) in [5.41, 5.74) is 2.63. The molecule has 1 unspecified atom stereocenters. The number of halogens is 1. The van der Waals surface area contributed by atoms with Gasteiger partial charge in [-0.2, -0.15) is 0 Å². The van der Waals surface area contributed by atoms with Crippen LogP contribution in [0.15, 0.2) is 48.5 Å². The smallest absolute Gasteiger partial charge is 0.407 e. The van der Waals surface area contributed by atoms with E-state index in [1.165, 1.54) is 0 Å². The van der Waals surface area contributed by atoms with Gasteiger partial charge >= 0.3 is 6.09 Å². The molecule has 2 aromatic carbocycles. The van der Waals surface area contributed by atoms with Crippen LogP contribution in [0.1, 0.15) is 21.5 Å². The van der Waals surface area contributed by atoms with E-state index in [1.54, 1.807) is 24.3 Å². The summed E-state index contributed by atoms with van der Waals surface area (Å²) in [6.45, 7) is 0.825. The van der Waals surface area contributed by atoms with Gasteiger partial charge in [-0.25, -0.2) is 4.79 Å². The van der Waals surface area contributed by atoms with Crippen molar-refractivity contribution in [3.05, 3.63) is 70.2 Å². The van der Waals surface area contributed by atoms with Crippen molar-refractivity contribution in [3.8, 4) is 0 Å². The first kappa shape index (κ1) is 16.3. The Morgan fingerprint density at radius 2 is 1.79 bits per heavy atom. The van der Waals surface area contributed by atoms with Crippen LogP contribution in [0.2, 0.25) is 5.02 Å². The molecule has 0 saturated carbocycles. The van der Waals surface area contributed by atoms with Crippen LogP contribution < -0.4 is 10.6 Å². The second-order valence-electron chi connectivity index (χ2n) is 5.65. The fourth-order valence-electron chi connectivity index (χ4n) is 2.50. The van der Waals surface area contributed by atoms with Crippen LogP contribution in [-0.4, -0.2) is 24.6 Å².